The molecule has 0 N–H and O–H groups in total. The van der Waals surface area contributed by atoms with Crippen molar-refractivity contribution in [2.45, 2.75) is 16.6 Å². The second-order valence-corrected chi connectivity index (χ2v) is 2.92. The number of carbonyl (C=O) groups is 1. The number of alkyl halides is 7. The van der Waals surface area contributed by atoms with Gasteiger partial charge in [-0.15, -0.1) is 4.39 Å². The number of carbonyl (C=O) groups excluding carboxylic acids is 1. The fourth-order valence-corrected chi connectivity index (χ4v) is 0.478. The number of ether oxygens (including phenoxy) is 1. The Hall–Kier alpha value is -0.370. The van der Waals surface area contributed by atoms with E-state index >= 15 is 0 Å². The first-order valence-electron chi connectivity index (χ1n) is 2.62. The molecule has 1 unspecified atom stereocenters. The van der Waals surface area contributed by atoms with E-state index in [0.29, 0.717) is 0 Å². The summed E-state index contributed by atoms with van der Waals surface area (Å²) < 4.78 is 74.2. The molecule has 2 nitrogen and oxygen atoms in total. The van der Waals surface area contributed by atoms with Crippen molar-refractivity contribution < 1.29 is 35.9 Å². The summed E-state index contributed by atoms with van der Waals surface area (Å²) in [5.74, 6) is 0. The van der Waals surface area contributed by atoms with Crippen LogP contribution in [0.3, 0.4) is 0 Å². The molecule has 0 aliphatic carbocycles. The Balaban J connectivity index is 4.97. The highest BCUT2D eigenvalue weighted by Crippen LogP contribution is 2.50. The van der Waals surface area contributed by atoms with Gasteiger partial charge in [-0.1, -0.05) is 11.6 Å². The molecule has 0 saturated heterocycles. The van der Waals surface area contributed by atoms with E-state index in [0.717, 1.165) is 0 Å². The molecule has 0 aliphatic heterocycles. The predicted octanol–water partition coefficient (Wildman–Crippen LogP) is 3.42. The van der Waals surface area contributed by atoms with Crippen molar-refractivity contribution in [3.05, 3.63) is 0 Å². The van der Waals surface area contributed by atoms with Crippen LogP contribution in [0.5, 0.6) is 0 Å². The summed E-state index contributed by atoms with van der Waals surface area (Å²) >= 11 is 7.86. The quantitative estimate of drug-likeness (QED) is 0.444. The van der Waals surface area contributed by atoms with Crippen LogP contribution in [0.4, 0.5) is 31.1 Å². The van der Waals surface area contributed by atoms with E-state index in [-0.39, 0.29) is 0 Å². The van der Waals surface area contributed by atoms with Crippen molar-refractivity contribution in [3.63, 3.8) is 0 Å². The Morgan fingerprint density at radius 1 is 1.07 bits per heavy atom. The van der Waals surface area contributed by atoms with Crippen LogP contribution in [0.25, 0.3) is 0 Å². The fraction of sp³-hybridized carbons (Fsp3) is 0.750. The third-order valence-corrected chi connectivity index (χ3v) is 1.74. The second-order valence-electron chi connectivity index (χ2n) is 1.93. The molecule has 0 radical (unpaired) electrons. The van der Waals surface area contributed by atoms with Crippen LogP contribution in [0.15, 0.2) is 0 Å². The largest absolute Gasteiger partial charge is 0.500 e. The molecule has 0 aromatic heterocycles. The van der Waals surface area contributed by atoms with E-state index in [9.17, 15) is 31.1 Å². The number of hydrogen-bond donors (Lipinski definition) is 0. The van der Waals surface area contributed by atoms with Crippen LogP contribution >= 0.6 is 23.2 Å². The molecule has 1 atom stereocenters. The summed E-state index contributed by atoms with van der Waals surface area (Å²) in [7, 11) is 0. The van der Waals surface area contributed by atoms with Gasteiger partial charge in [0.15, 0.2) is 0 Å². The third-order valence-electron chi connectivity index (χ3n) is 0.930. The zero-order valence-electron chi connectivity index (χ0n) is 5.84. The lowest BCUT2D eigenvalue weighted by molar-refractivity contribution is -0.288. The lowest BCUT2D eigenvalue weighted by Gasteiger charge is -2.28. The summed E-state index contributed by atoms with van der Waals surface area (Å²) in [4.78, 5) is 9.35. The van der Waals surface area contributed by atoms with Gasteiger partial charge >= 0.3 is 22.8 Å². The molecule has 0 rings (SSSR count). The van der Waals surface area contributed by atoms with Crippen molar-refractivity contribution in [2.75, 3.05) is 0 Å². The standard InChI is InChI=1S/C4Cl2F6O2/c5-2(8,3(6,9)10)4(11,12)14-1(7)13. The van der Waals surface area contributed by atoms with Gasteiger partial charge in [-0.25, -0.2) is 9.18 Å². The van der Waals surface area contributed by atoms with E-state index in [1.807, 2.05) is 0 Å². The highest BCUT2D eigenvalue weighted by atomic mass is 35.5. The first-order valence-corrected chi connectivity index (χ1v) is 3.38. The lowest BCUT2D eigenvalue weighted by atomic mass is 10.3. The highest BCUT2D eigenvalue weighted by Gasteiger charge is 2.72. The summed E-state index contributed by atoms with van der Waals surface area (Å²) in [6.45, 7) is 0. The van der Waals surface area contributed by atoms with Crippen LogP contribution < -0.4 is 0 Å². The average molecular weight is 265 g/mol. The third kappa shape index (κ3) is 2.57. The van der Waals surface area contributed by atoms with Gasteiger partial charge in [-0.3, -0.25) is 0 Å². The molecule has 0 aliphatic rings. The molecule has 10 heteroatoms. The first kappa shape index (κ1) is 13.6. The Bertz CT molecular complexity index is 236. The number of hydrogen-bond acceptors (Lipinski definition) is 2. The summed E-state index contributed by atoms with van der Waals surface area (Å²) in [5, 5.41) is -10.5. The number of halogens is 8. The monoisotopic (exact) mass is 264 g/mol. The van der Waals surface area contributed by atoms with Gasteiger partial charge in [-0.2, -0.15) is 17.6 Å². The van der Waals surface area contributed by atoms with Gasteiger partial charge in [0.1, 0.15) is 0 Å². The molecule has 84 valence electrons. The van der Waals surface area contributed by atoms with E-state index in [2.05, 4.69) is 27.9 Å². The van der Waals surface area contributed by atoms with E-state index in [1.54, 1.807) is 0 Å². The average Bonchev–Trinajstić information content (AvgIpc) is 1.80. The Kier molecular flexibility index (Phi) is 3.55. The second kappa shape index (κ2) is 3.65. The van der Waals surface area contributed by atoms with Gasteiger partial charge in [0.05, 0.1) is 0 Å². The highest BCUT2D eigenvalue weighted by molar-refractivity contribution is 6.32. The van der Waals surface area contributed by atoms with E-state index < -0.39 is 22.8 Å². The van der Waals surface area contributed by atoms with E-state index in [4.69, 9.17) is 0 Å². The van der Waals surface area contributed by atoms with Crippen molar-refractivity contribution >= 4 is 29.4 Å². The van der Waals surface area contributed by atoms with Crippen LogP contribution in [-0.4, -0.2) is 22.8 Å². The van der Waals surface area contributed by atoms with Gasteiger partial charge in [0.2, 0.25) is 0 Å². The predicted molar refractivity (Wildman–Crippen MR) is 33.0 cm³/mol. The molecule has 0 spiro atoms. The molecular formula is C4Cl2F6O2. The normalized spacial score (nSPS) is 17.4. The Morgan fingerprint density at radius 3 is 1.64 bits per heavy atom. The maximum absolute atomic E-state index is 12.4. The first-order chi connectivity index (χ1) is 5.92. The van der Waals surface area contributed by atoms with Crippen LogP contribution in [0, 0.1) is 0 Å². The topological polar surface area (TPSA) is 26.3 Å². The molecular weight excluding hydrogens is 265 g/mol. The SMILES string of the molecule is O=C(F)OC(F)(F)C(F)(Cl)C(F)(F)Cl. The zero-order chi connectivity index (χ0) is 11.8. The molecule has 0 heterocycles. The van der Waals surface area contributed by atoms with Crippen LogP contribution in [-0.2, 0) is 4.74 Å². The van der Waals surface area contributed by atoms with Crippen molar-refractivity contribution in [1.82, 2.24) is 0 Å². The van der Waals surface area contributed by atoms with Gasteiger partial charge in [0, 0.05) is 0 Å². The minimum absolute atomic E-state index is 2.32. The molecule has 0 aromatic carbocycles. The van der Waals surface area contributed by atoms with Crippen molar-refractivity contribution in [1.29, 1.82) is 0 Å². The van der Waals surface area contributed by atoms with Crippen molar-refractivity contribution in [3.8, 4) is 0 Å². The smallest absolute Gasteiger partial charge is 0.371 e. The van der Waals surface area contributed by atoms with Gasteiger partial charge in [-0.05, 0) is 11.6 Å². The molecule has 0 amide bonds. The van der Waals surface area contributed by atoms with Crippen molar-refractivity contribution in [2.24, 2.45) is 0 Å². The molecule has 0 fully saturated rings. The Morgan fingerprint density at radius 2 is 1.43 bits per heavy atom. The van der Waals surface area contributed by atoms with Gasteiger partial charge < -0.3 is 4.74 Å². The fourth-order valence-electron chi connectivity index (χ4n) is 0.330. The molecule has 0 saturated carbocycles. The summed E-state index contributed by atoms with van der Waals surface area (Å²) in [5.41, 5.74) is 0. The Labute approximate surface area is 82.7 Å². The lowest BCUT2D eigenvalue weighted by Crippen LogP contribution is -2.52. The van der Waals surface area contributed by atoms with Crippen LogP contribution in [0.2, 0.25) is 0 Å². The summed E-state index contributed by atoms with van der Waals surface area (Å²) in [6.07, 6.45) is -8.79. The molecule has 14 heavy (non-hydrogen) atoms. The van der Waals surface area contributed by atoms with E-state index in [1.165, 1.54) is 0 Å². The minimum Gasteiger partial charge on any atom is -0.371 e. The molecule has 0 aromatic rings. The zero-order valence-corrected chi connectivity index (χ0v) is 7.35. The maximum atomic E-state index is 12.4. The van der Waals surface area contributed by atoms with Crippen LogP contribution in [0.1, 0.15) is 0 Å². The maximum Gasteiger partial charge on any atom is 0.500 e. The minimum atomic E-state index is -5.61. The molecule has 0 bridgehead atoms. The number of rotatable bonds is 3. The van der Waals surface area contributed by atoms with Gasteiger partial charge in [0.25, 0.3) is 0 Å². The summed E-state index contributed by atoms with van der Waals surface area (Å²) in [6, 6.07) is 0.